The molecule has 98 valence electrons. The number of hydrogen-bond donors (Lipinski definition) is 3. The maximum absolute atomic E-state index is 12.1. The zero-order chi connectivity index (χ0) is 13.2. The molecule has 3 N–H and O–H groups in total. The second-order valence-electron chi connectivity index (χ2n) is 4.92. The van der Waals surface area contributed by atoms with E-state index in [1.165, 1.54) is 6.20 Å². The summed E-state index contributed by atoms with van der Waals surface area (Å²) in [4.78, 5) is 23.0. The molecule has 1 aromatic rings. The van der Waals surface area contributed by atoms with E-state index in [9.17, 15) is 9.59 Å². The van der Waals surface area contributed by atoms with E-state index in [-0.39, 0.29) is 12.3 Å². The van der Waals surface area contributed by atoms with Crippen molar-refractivity contribution in [3.05, 3.63) is 17.5 Å². The van der Waals surface area contributed by atoms with Crippen LogP contribution in [0, 0.1) is 6.92 Å². The molecule has 0 unspecified atom stereocenters. The molecular formula is C12H17N3O3. The van der Waals surface area contributed by atoms with E-state index in [1.807, 2.05) is 0 Å². The van der Waals surface area contributed by atoms with E-state index in [0.29, 0.717) is 11.3 Å². The highest BCUT2D eigenvalue weighted by atomic mass is 16.4. The number of aliphatic carboxylic acids is 1. The minimum absolute atomic E-state index is 0.0182. The van der Waals surface area contributed by atoms with Gasteiger partial charge in [-0.25, -0.2) is 0 Å². The molecule has 0 saturated heterocycles. The van der Waals surface area contributed by atoms with Crippen LogP contribution in [-0.2, 0) is 4.79 Å². The van der Waals surface area contributed by atoms with Crippen LogP contribution in [0.3, 0.4) is 0 Å². The monoisotopic (exact) mass is 251 g/mol. The summed E-state index contributed by atoms with van der Waals surface area (Å²) in [6.45, 7) is 1.76. The van der Waals surface area contributed by atoms with Crippen LogP contribution in [0.1, 0.15) is 48.2 Å². The van der Waals surface area contributed by atoms with E-state index < -0.39 is 11.5 Å². The first-order valence-electron chi connectivity index (χ1n) is 6.07. The molecule has 1 fully saturated rings. The molecule has 0 aliphatic heterocycles. The van der Waals surface area contributed by atoms with Gasteiger partial charge >= 0.3 is 5.97 Å². The summed E-state index contributed by atoms with van der Waals surface area (Å²) < 4.78 is 0. The van der Waals surface area contributed by atoms with E-state index in [4.69, 9.17) is 5.11 Å². The van der Waals surface area contributed by atoms with Crippen LogP contribution in [0.4, 0.5) is 0 Å². The Morgan fingerprint density at radius 3 is 2.67 bits per heavy atom. The van der Waals surface area contributed by atoms with Crippen molar-refractivity contribution < 1.29 is 14.7 Å². The Morgan fingerprint density at radius 2 is 2.17 bits per heavy atom. The van der Waals surface area contributed by atoms with E-state index in [2.05, 4.69) is 15.5 Å². The lowest BCUT2D eigenvalue weighted by Crippen LogP contribution is -2.47. The van der Waals surface area contributed by atoms with Crippen molar-refractivity contribution in [3.63, 3.8) is 0 Å². The quantitative estimate of drug-likeness (QED) is 0.750. The van der Waals surface area contributed by atoms with Crippen LogP contribution in [0.25, 0.3) is 0 Å². The van der Waals surface area contributed by atoms with Gasteiger partial charge in [-0.3, -0.25) is 14.7 Å². The Kier molecular flexibility index (Phi) is 3.36. The molecule has 1 aliphatic rings. The Morgan fingerprint density at radius 1 is 1.50 bits per heavy atom. The molecule has 0 bridgehead atoms. The molecule has 6 nitrogen and oxygen atoms in total. The number of H-pyrrole nitrogens is 1. The van der Waals surface area contributed by atoms with Gasteiger partial charge in [0, 0.05) is 5.69 Å². The molecule has 0 radical (unpaired) electrons. The number of aryl methyl sites for hydroxylation is 1. The van der Waals surface area contributed by atoms with Crippen molar-refractivity contribution in [3.8, 4) is 0 Å². The molecule has 2 rings (SSSR count). The summed E-state index contributed by atoms with van der Waals surface area (Å²) in [6, 6.07) is 0. The van der Waals surface area contributed by atoms with Gasteiger partial charge in [0.1, 0.15) is 0 Å². The fraction of sp³-hybridized carbons (Fsp3) is 0.583. The summed E-state index contributed by atoms with van der Waals surface area (Å²) in [5.41, 5.74) is 0.578. The van der Waals surface area contributed by atoms with E-state index >= 15 is 0 Å². The Labute approximate surface area is 105 Å². The highest BCUT2D eigenvalue weighted by Crippen LogP contribution is 2.33. The van der Waals surface area contributed by atoms with Gasteiger partial charge in [-0.05, 0) is 19.8 Å². The number of aromatic amines is 1. The fourth-order valence-corrected chi connectivity index (χ4v) is 2.58. The van der Waals surface area contributed by atoms with E-state index in [1.54, 1.807) is 6.92 Å². The molecular weight excluding hydrogens is 234 g/mol. The number of carbonyl (C=O) groups is 2. The Hall–Kier alpha value is -1.85. The maximum Gasteiger partial charge on any atom is 0.305 e. The second-order valence-corrected chi connectivity index (χ2v) is 4.92. The van der Waals surface area contributed by atoms with Crippen molar-refractivity contribution in [1.29, 1.82) is 0 Å². The first-order valence-corrected chi connectivity index (χ1v) is 6.07. The van der Waals surface area contributed by atoms with Crippen LogP contribution in [-0.4, -0.2) is 32.7 Å². The molecule has 1 aliphatic carbocycles. The molecule has 1 aromatic heterocycles. The number of aromatic nitrogens is 2. The summed E-state index contributed by atoms with van der Waals surface area (Å²) in [7, 11) is 0. The molecule has 0 aromatic carbocycles. The van der Waals surface area contributed by atoms with Crippen molar-refractivity contribution in [2.24, 2.45) is 0 Å². The van der Waals surface area contributed by atoms with Gasteiger partial charge in [-0.2, -0.15) is 5.10 Å². The van der Waals surface area contributed by atoms with Gasteiger partial charge in [-0.15, -0.1) is 0 Å². The predicted octanol–water partition coefficient (Wildman–Crippen LogP) is 1.24. The molecule has 1 saturated carbocycles. The lowest BCUT2D eigenvalue weighted by Gasteiger charge is -2.28. The number of carbonyl (C=O) groups excluding carboxylic acids is 1. The van der Waals surface area contributed by atoms with Crippen LogP contribution >= 0.6 is 0 Å². The summed E-state index contributed by atoms with van der Waals surface area (Å²) >= 11 is 0. The van der Waals surface area contributed by atoms with Gasteiger partial charge in [0.25, 0.3) is 5.91 Å². The zero-order valence-electron chi connectivity index (χ0n) is 10.3. The number of nitrogens with zero attached hydrogens (tertiary/aromatic N) is 1. The first kappa shape index (κ1) is 12.6. The second kappa shape index (κ2) is 4.80. The summed E-state index contributed by atoms with van der Waals surface area (Å²) in [5.74, 6) is -1.12. The van der Waals surface area contributed by atoms with Crippen molar-refractivity contribution >= 4 is 11.9 Å². The minimum Gasteiger partial charge on any atom is -0.481 e. The molecule has 18 heavy (non-hydrogen) atoms. The fourth-order valence-electron chi connectivity index (χ4n) is 2.58. The zero-order valence-corrected chi connectivity index (χ0v) is 10.3. The minimum atomic E-state index is -0.874. The molecule has 0 atom stereocenters. The largest absolute Gasteiger partial charge is 0.481 e. The maximum atomic E-state index is 12.1. The van der Waals surface area contributed by atoms with Gasteiger partial charge in [0.2, 0.25) is 0 Å². The summed E-state index contributed by atoms with van der Waals surface area (Å²) in [6.07, 6.45) is 4.81. The smallest absolute Gasteiger partial charge is 0.305 e. The number of amides is 1. The Bertz CT molecular complexity index is 461. The van der Waals surface area contributed by atoms with Crippen molar-refractivity contribution in [2.45, 2.75) is 44.6 Å². The van der Waals surface area contributed by atoms with E-state index in [0.717, 1.165) is 25.7 Å². The van der Waals surface area contributed by atoms with Crippen molar-refractivity contribution in [2.75, 3.05) is 0 Å². The Balaban J connectivity index is 2.12. The highest BCUT2D eigenvalue weighted by molar-refractivity contribution is 5.95. The third-order valence-electron chi connectivity index (χ3n) is 3.50. The van der Waals surface area contributed by atoms with Gasteiger partial charge in [0.05, 0.1) is 23.7 Å². The third-order valence-corrected chi connectivity index (χ3v) is 3.50. The lowest BCUT2D eigenvalue weighted by molar-refractivity contribution is -0.138. The van der Waals surface area contributed by atoms with Gasteiger partial charge in [0.15, 0.2) is 0 Å². The highest BCUT2D eigenvalue weighted by Gasteiger charge is 2.37. The van der Waals surface area contributed by atoms with Crippen LogP contribution in [0.5, 0.6) is 0 Å². The molecule has 0 spiro atoms. The first-order chi connectivity index (χ1) is 8.52. The molecule has 1 amide bonds. The normalized spacial score (nSPS) is 17.6. The number of carboxylic acid groups (broad SMARTS) is 1. The topological polar surface area (TPSA) is 95.1 Å². The van der Waals surface area contributed by atoms with Crippen LogP contribution in [0.2, 0.25) is 0 Å². The van der Waals surface area contributed by atoms with Crippen LogP contribution in [0.15, 0.2) is 6.20 Å². The lowest BCUT2D eigenvalue weighted by atomic mass is 9.92. The van der Waals surface area contributed by atoms with Gasteiger partial charge < -0.3 is 10.4 Å². The predicted molar refractivity (Wildman–Crippen MR) is 64.2 cm³/mol. The number of carboxylic acids is 1. The SMILES string of the molecule is Cc1[nH]ncc1C(=O)NC1(CC(=O)O)CCCC1. The summed E-state index contributed by atoms with van der Waals surface area (Å²) in [5, 5.41) is 18.4. The molecule has 6 heteroatoms. The average Bonchev–Trinajstić information content (AvgIpc) is 2.86. The van der Waals surface area contributed by atoms with Crippen molar-refractivity contribution in [1.82, 2.24) is 15.5 Å². The average molecular weight is 251 g/mol. The number of nitrogens with one attached hydrogen (secondary N) is 2. The van der Waals surface area contributed by atoms with Crippen LogP contribution < -0.4 is 5.32 Å². The standard InChI is InChI=1S/C12H17N3O3/c1-8-9(7-13-15-8)11(18)14-12(6-10(16)17)4-2-3-5-12/h7H,2-6H2,1H3,(H,13,15)(H,14,18)(H,16,17). The van der Waals surface area contributed by atoms with Gasteiger partial charge in [-0.1, -0.05) is 12.8 Å². The number of hydrogen-bond acceptors (Lipinski definition) is 3. The third kappa shape index (κ3) is 2.52. The molecule has 1 heterocycles. The number of rotatable bonds is 4.